The van der Waals surface area contributed by atoms with Gasteiger partial charge in [-0.25, -0.2) is 4.79 Å². The predicted octanol–water partition coefficient (Wildman–Crippen LogP) is 3.40. The number of aliphatic carboxylic acids is 1. The quantitative estimate of drug-likeness (QED) is 0.764. The van der Waals surface area contributed by atoms with Gasteiger partial charge in [0, 0.05) is 29.1 Å². The molecule has 1 aliphatic heterocycles. The molecule has 2 amide bonds. The molecule has 3 rings (SSSR count). The van der Waals surface area contributed by atoms with Crippen LogP contribution in [0.4, 0.5) is 5.69 Å². The average Bonchev–Trinajstić information content (AvgIpc) is 3.33. The summed E-state index contributed by atoms with van der Waals surface area (Å²) in [7, 11) is 0. The van der Waals surface area contributed by atoms with E-state index in [2.05, 4.69) is 11.4 Å². The molecule has 1 unspecified atom stereocenters. The van der Waals surface area contributed by atoms with Gasteiger partial charge in [-0.2, -0.15) is 0 Å². The molecular formula is C20H22N2O4S. The second-order valence-corrected chi connectivity index (χ2v) is 7.59. The Bertz CT molecular complexity index is 819. The molecular weight excluding hydrogens is 364 g/mol. The van der Waals surface area contributed by atoms with Gasteiger partial charge < -0.3 is 15.3 Å². The fraction of sp³-hybridized carbons (Fsp3) is 0.350. The Labute approximate surface area is 161 Å². The molecule has 142 valence electrons. The van der Waals surface area contributed by atoms with E-state index in [9.17, 15) is 19.5 Å². The molecule has 2 heterocycles. The van der Waals surface area contributed by atoms with Crippen LogP contribution in [0.25, 0.3) is 0 Å². The molecule has 0 spiro atoms. The van der Waals surface area contributed by atoms with Crippen molar-refractivity contribution in [2.45, 2.75) is 38.1 Å². The van der Waals surface area contributed by atoms with Gasteiger partial charge in [0.1, 0.15) is 6.04 Å². The number of carbonyl (C=O) groups excluding carboxylic acids is 2. The molecule has 2 aromatic rings. The van der Waals surface area contributed by atoms with Crippen LogP contribution in [-0.2, 0) is 16.0 Å². The van der Waals surface area contributed by atoms with E-state index in [1.54, 1.807) is 35.6 Å². The molecule has 1 aliphatic rings. The Kier molecular flexibility index (Phi) is 6.24. The van der Waals surface area contributed by atoms with Crippen LogP contribution in [0.1, 0.15) is 40.9 Å². The highest BCUT2D eigenvalue weighted by molar-refractivity contribution is 7.09. The minimum atomic E-state index is -0.976. The van der Waals surface area contributed by atoms with E-state index < -0.39 is 12.0 Å². The Morgan fingerprint density at radius 2 is 2.07 bits per heavy atom. The SMILES string of the molecule is O=C(CCCc1cccs1)Nc1cccc(C(=O)N2CCCC2C(=O)O)c1. The number of amides is 2. The summed E-state index contributed by atoms with van der Waals surface area (Å²) in [4.78, 5) is 38.7. The molecule has 1 aromatic carbocycles. The monoisotopic (exact) mass is 386 g/mol. The van der Waals surface area contributed by atoms with Gasteiger partial charge in [-0.05, 0) is 55.3 Å². The van der Waals surface area contributed by atoms with E-state index in [-0.39, 0.29) is 11.8 Å². The normalized spacial score (nSPS) is 16.3. The number of hydrogen-bond donors (Lipinski definition) is 2. The van der Waals surface area contributed by atoms with Crippen molar-refractivity contribution in [3.05, 3.63) is 52.2 Å². The van der Waals surface area contributed by atoms with Gasteiger partial charge in [-0.15, -0.1) is 11.3 Å². The number of aryl methyl sites for hydroxylation is 1. The number of benzene rings is 1. The Morgan fingerprint density at radius 1 is 1.22 bits per heavy atom. The fourth-order valence-corrected chi connectivity index (χ4v) is 4.02. The smallest absolute Gasteiger partial charge is 0.326 e. The highest BCUT2D eigenvalue weighted by atomic mass is 32.1. The molecule has 0 saturated carbocycles. The van der Waals surface area contributed by atoms with Gasteiger partial charge in [0.25, 0.3) is 5.91 Å². The molecule has 1 fully saturated rings. The average molecular weight is 386 g/mol. The molecule has 1 atom stereocenters. The van der Waals surface area contributed by atoms with E-state index in [1.165, 1.54) is 9.78 Å². The maximum Gasteiger partial charge on any atom is 0.326 e. The summed E-state index contributed by atoms with van der Waals surface area (Å²) in [5, 5.41) is 14.1. The number of likely N-dealkylation sites (tertiary alicyclic amines) is 1. The van der Waals surface area contributed by atoms with Gasteiger partial charge >= 0.3 is 5.97 Å². The maximum atomic E-state index is 12.7. The molecule has 0 radical (unpaired) electrons. The zero-order valence-corrected chi connectivity index (χ0v) is 15.7. The first kappa shape index (κ1) is 19.1. The predicted molar refractivity (Wildman–Crippen MR) is 104 cm³/mol. The molecule has 0 aliphatic carbocycles. The van der Waals surface area contributed by atoms with Crippen LogP contribution in [0, 0.1) is 0 Å². The number of carboxylic acid groups (broad SMARTS) is 1. The van der Waals surface area contributed by atoms with Crippen LogP contribution < -0.4 is 5.32 Å². The Morgan fingerprint density at radius 3 is 2.81 bits per heavy atom. The van der Waals surface area contributed by atoms with Crippen molar-refractivity contribution in [1.82, 2.24) is 4.90 Å². The van der Waals surface area contributed by atoms with Crippen molar-refractivity contribution in [2.24, 2.45) is 0 Å². The lowest BCUT2D eigenvalue weighted by Gasteiger charge is -2.21. The number of nitrogens with one attached hydrogen (secondary N) is 1. The third-order valence-corrected chi connectivity index (χ3v) is 5.54. The van der Waals surface area contributed by atoms with Crippen molar-refractivity contribution in [2.75, 3.05) is 11.9 Å². The number of anilines is 1. The lowest BCUT2D eigenvalue weighted by Crippen LogP contribution is -2.40. The molecule has 1 aromatic heterocycles. The van der Waals surface area contributed by atoms with Gasteiger partial charge in [0.15, 0.2) is 0 Å². The van der Waals surface area contributed by atoms with Crippen LogP contribution >= 0.6 is 11.3 Å². The zero-order chi connectivity index (χ0) is 19.2. The third kappa shape index (κ3) is 4.95. The molecule has 27 heavy (non-hydrogen) atoms. The standard InChI is InChI=1S/C20H22N2O4S/c23-18(10-2-7-16-8-4-12-27-16)21-15-6-1-5-14(13-15)19(24)22-11-3-9-17(22)20(25)26/h1,4-6,8,12-13,17H,2-3,7,9-11H2,(H,21,23)(H,25,26). The van der Waals surface area contributed by atoms with E-state index >= 15 is 0 Å². The minimum Gasteiger partial charge on any atom is -0.480 e. The summed E-state index contributed by atoms with van der Waals surface area (Å²) in [6, 6.07) is 9.96. The number of carboxylic acids is 1. The topological polar surface area (TPSA) is 86.7 Å². The molecule has 1 saturated heterocycles. The molecule has 6 nitrogen and oxygen atoms in total. The van der Waals surface area contributed by atoms with Crippen LogP contribution in [0.15, 0.2) is 41.8 Å². The molecule has 0 bridgehead atoms. The van der Waals surface area contributed by atoms with Crippen molar-refractivity contribution in [3.63, 3.8) is 0 Å². The summed E-state index contributed by atoms with van der Waals surface area (Å²) in [5.41, 5.74) is 0.938. The van der Waals surface area contributed by atoms with E-state index in [0.717, 1.165) is 12.8 Å². The Hall–Kier alpha value is -2.67. The maximum absolute atomic E-state index is 12.7. The van der Waals surface area contributed by atoms with Gasteiger partial charge in [-0.1, -0.05) is 12.1 Å². The summed E-state index contributed by atoms with van der Waals surface area (Å²) in [5.74, 6) is -1.38. The lowest BCUT2D eigenvalue weighted by atomic mass is 10.1. The summed E-state index contributed by atoms with van der Waals surface area (Å²) in [6.07, 6.45) is 3.20. The van der Waals surface area contributed by atoms with E-state index in [4.69, 9.17) is 0 Å². The number of carbonyl (C=O) groups is 3. The first-order chi connectivity index (χ1) is 13.0. The second-order valence-electron chi connectivity index (χ2n) is 6.56. The van der Waals surface area contributed by atoms with Crippen molar-refractivity contribution < 1.29 is 19.5 Å². The highest BCUT2D eigenvalue weighted by Gasteiger charge is 2.34. The van der Waals surface area contributed by atoms with Gasteiger partial charge in [0.2, 0.25) is 5.91 Å². The van der Waals surface area contributed by atoms with E-state index in [0.29, 0.717) is 37.1 Å². The van der Waals surface area contributed by atoms with Crippen LogP contribution in [0.3, 0.4) is 0 Å². The zero-order valence-electron chi connectivity index (χ0n) is 14.9. The van der Waals surface area contributed by atoms with E-state index in [1.807, 2.05) is 11.4 Å². The second kappa shape index (κ2) is 8.81. The van der Waals surface area contributed by atoms with Crippen molar-refractivity contribution in [3.8, 4) is 0 Å². The lowest BCUT2D eigenvalue weighted by molar-refractivity contribution is -0.141. The first-order valence-corrected chi connectivity index (χ1v) is 9.88. The highest BCUT2D eigenvalue weighted by Crippen LogP contribution is 2.22. The minimum absolute atomic E-state index is 0.0965. The van der Waals surface area contributed by atoms with Crippen molar-refractivity contribution >= 4 is 34.8 Å². The van der Waals surface area contributed by atoms with Gasteiger partial charge in [0.05, 0.1) is 0 Å². The van der Waals surface area contributed by atoms with Crippen molar-refractivity contribution in [1.29, 1.82) is 0 Å². The van der Waals surface area contributed by atoms with Gasteiger partial charge in [-0.3, -0.25) is 9.59 Å². The number of hydrogen-bond acceptors (Lipinski definition) is 4. The first-order valence-electron chi connectivity index (χ1n) is 9.00. The van der Waals surface area contributed by atoms with Crippen LogP contribution in [0.2, 0.25) is 0 Å². The number of rotatable bonds is 7. The largest absolute Gasteiger partial charge is 0.480 e. The molecule has 2 N–H and O–H groups in total. The number of thiophene rings is 1. The Balaban J connectivity index is 1.57. The summed E-state index contributed by atoms with van der Waals surface area (Å²) in [6.45, 7) is 0.440. The number of nitrogens with zero attached hydrogens (tertiary/aromatic N) is 1. The van der Waals surface area contributed by atoms with Crippen LogP contribution in [-0.4, -0.2) is 40.4 Å². The molecule has 7 heteroatoms. The van der Waals surface area contributed by atoms with Crippen LogP contribution in [0.5, 0.6) is 0 Å². The summed E-state index contributed by atoms with van der Waals surface area (Å²) < 4.78 is 0. The fourth-order valence-electron chi connectivity index (χ4n) is 3.26. The summed E-state index contributed by atoms with van der Waals surface area (Å²) >= 11 is 1.68. The third-order valence-electron chi connectivity index (χ3n) is 4.60.